The molecule has 1 N–H and O–H groups in total. The highest BCUT2D eigenvalue weighted by Crippen LogP contribution is 2.27. The Morgan fingerprint density at radius 2 is 1.61 bits per heavy atom. The molecular formula is C22H26N2O4. The average Bonchev–Trinajstić information content (AvgIpc) is 2.74. The van der Waals surface area contributed by atoms with Crippen molar-refractivity contribution in [3.8, 4) is 11.5 Å². The largest absolute Gasteiger partial charge is 0.493 e. The van der Waals surface area contributed by atoms with Crippen LogP contribution in [0.3, 0.4) is 0 Å². The van der Waals surface area contributed by atoms with Crippen LogP contribution in [0, 0.1) is 0 Å². The van der Waals surface area contributed by atoms with Crippen LogP contribution >= 0.6 is 0 Å². The molecule has 6 nitrogen and oxygen atoms in total. The van der Waals surface area contributed by atoms with Gasteiger partial charge in [-0.3, -0.25) is 9.59 Å². The van der Waals surface area contributed by atoms with Crippen LogP contribution in [-0.4, -0.2) is 43.0 Å². The molecule has 0 radical (unpaired) electrons. The molecule has 28 heavy (non-hydrogen) atoms. The zero-order valence-electron chi connectivity index (χ0n) is 16.3. The van der Waals surface area contributed by atoms with Crippen LogP contribution in [0.5, 0.6) is 11.5 Å². The molecule has 1 atom stereocenters. The van der Waals surface area contributed by atoms with Crippen LogP contribution in [-0.2, 0) is 4.79 Å². The number of methoxy groups -OCH3 is 1. The van der Waals surface area contributed by atoms with Crippen molar-refractivity contribution in [1.29, 1.82) is 0 Å². The number of piperidine rings is 1. The number of anilines is 1. The van der Waals surface area contributed by atoms with Crippen LogP contribution in [0.1, 0.15) is 36.5 Å². The number of rotatable bonds is 6. The molecule has 2 amide bonds. The molecule has 0 bridgehead atoms. The minimum Gasteiger partial charge on any atom is -0.493 e. The molecule has 0 aromatic heterocycles. The van der Waals surface area contributed by atoms with E-state index in [0.717, 1.165) is 32.4 Å². The van der Waals surface area contributed by atoms with Gasteiger partial charge in [0.2, 0.25) is 0 Å². The summed E-state index contributed by atoms with van der Waals surface area (Å²) in [5.41, 5.74) is 1.00. The summed E-state index contributed by atoms with van der Waals surface area (Å²) >= 11 is 0. The van der Waals surface area contributed by atoms with Gasteiger partial charge in [0, 0.05) is 13.1 Å². The molecule has 0 spiro atoms. The minimum absolute atomic E-state index is 0.0473. The van der Waals surface area contributed by atoms with Crippen molar-refractivity contribution in [3.63, 3.8) is 0 Å². The van der Waals surface area contributed by atoms with Gasteiger partial charge in [-0.25, -0.2) is 0 Å². The van der Waals surface area contributed by atoms with Gasteiger partial charge in [-0.2, -0.15) is 0 Å². The van der Waals surface area contributed by atoms with E-state index >= 15 is 0 Å². The first-order valence-corrected chi connectivity index (χ1v) is 9.59. The maximum Gasteiger partial charge on any atom is 0.265 e. The van der Waals surface area contributed by atoms with Crippen molar-refractivity contribution in [2.45, 2.75) is 32.3 Å². The molecule has 1 aliphatic heterocycles. The molecule has 1 saturated heterocycles. The lowest BCUT2D eigenvalue weighted by molar-refractivity contribution is -0.122. The van der Waals surface area contributed by atoms with E-state index in [9.17, 15) is 9.59 Å². The van der Waals surface area contributed by atoms with Crippen molar-refractivity contribution in [1.82, 2.24) is 4.90 Å². The number of nitrogens with zero attached hydrogens (tertiary/aromatic N) is 1. The second kappa shape index (κ2) is 9.26. The Morgan fingerprint density at radius 3 is 2.32 bits per heavy atom. The predicted octanol–water partition coefficient (Wildman–Crippen LogP) is 3.73. The molecule has 2 aromatic carbocycles. The molecule has 0 saturated carbocycles. The quantitative estimate of drug-likeness (QED) is 0.827. The van der Waals surface area contributed by atoms with Crippen molar-refractivity contribution >= 4 is 17.5 Å². The second-order valence-corrected chi connectivity index (χ2v) is 6.80. The predicted molar refractivity (Wildman–Crippen MR) is 108 cm³/mol. The first-order chi connectivity index (χ1) is 13.6. The highest BCUT2D eigenvalue weighted by molar-refractivity contribution is 6.04. The summed E-state index contributed by atoms with van der Waals surface area (Å²) < 4.78 is 11.0. The van der Waals surface area contributed by atoms with Crippen molar-refractivity contribution in [2.75, 3.05) is 25.5 Å². The first-order valence-electron chi connectivity index (χ1n) is 9.59. The summed E-state index contributed by atoms with van der Waals surface area (Å²) in [5.74, 6) is 0.673. The standard InChI is InChI=1S/C22H26N2O4/c1-16(28-20-13-7-6-12-19(20)27-2)21(25)23-18-11-5-4-10-17(18)22(26)24-14-8-3-9-15-24/h4-7,10-13,16H,3,8-9,14-15H2,1-2H3,(H,23,25)/t16-/m1/s1. The normalized spacial score (nSPS) is 14.9. The average molecular weight is 382 g/mol. The maximum absolute atomic E-state index is 12.9. The van der Waals surface area contributed by atoms with E-state index in [2.05, 4.69) is 5.32 Å². The number of para-hydroxylation sites is 3. The molecule has 1 heterocycles. The van der Waals surface area contributed by atoms with Crippen LogP contribution in [0.25, 0.3) is 0 Å². The zero-order chi connectivity index (χ0) is 19.9. The Labute approximate surface area is 165 Å². The number of nitrogens with one attached hydrogen (secondary N) is 1. The van der Waals surface area contributed by atoms with Gasteiger partial charge in [-0.05, 0) is 50.5 Å². The van der Waals surface area contributed by atoms with Crippen LogP contribution in [0.2, 0.25) is 0 Å². The monoisotopic (exact) mass is 382 g/mol. The van der Waals surface area contributed by atoms with Crippen molar-refractivity contribution in [2.24, 2.45) is 0 Å². The fraction of sp³-hybridized carbons (Fsp3) is 0.364. The summed E-state index contributed by atoms with van der Waals surface area (Å²) in [7, 11) is 1.55. The smallest absolute Gasteiger partial charge is 0.265 e. The Hall–Kier alpha value is -3.02. The Bertz CT molecular complexity index is 831. The molecule has 6 heteroatoms. The summed E-state index contributed by atoms with van der Waals surface area (Å²) in [6.07, 6.45) is 2.43. The molecule has 1 fully saturated rings. The molecule has 0 unspecified atom stereocenters. The number of hydrogen-bond acceptors (Lipinski definition) is 4. The van der Waals surface area contributed by atoms with Gasteiger partial charge in [-0.15, -0.1) is 0 Å². The number of amides is 2. The van der Waals surface area contributed by atoms with Gasteiger partial charge < -0.3 is 19.7 Å². The second-order valence-electron chi connectivity index (χ2n) is 6.80. The fourth-order valence-corrected chi connectivity index (χ4v) is 3.24. The fourth-order valence-electron chi connectivity index (χ4n) is 3.24. The van der Waals surface area contributed by atoms with Gasteiger partial charge >= 0.3 is 0 Å². The van der Waals surface area contributed by atoms with Crippen LogP contribution < -0.4 is 14.8 Å². The van der Waals surface area contributed by atoms with E-state index in [-0.39, 0.29) is 11.8 Å². The van der Waals surface area contributed by atoms with Gasteiger partial charge in [0.15, 0.2) is 17.6 Å². The topological polar surface area (TPSA) is 67.9 Å². The minimum atomic E-state index is -0.755. The Balaban J connectivity index is 1.70. The summed E-state index contributed by atoms with van der Waals surface area (Å²) in [4.78, 5) is 27.4. The number of carbonyl (C=O) groups is 2. The van der Waals surface area contributed by atoms with Crippen molar-refractivity contribution < 1.29 is 19.1 Å². The highest BCUT2D eigenvalue weighted by atomic mass is 16.5. The number of ether oxygens (including phenoxy) is 2. The number of benzene rings is 2. The summed E-state index contributed by atoms with van der Waals surface area (Å²) in [6.45, 7) is 3.18. The zero-order valence-corrected chi connectivity index (χ0v) is 16.3. The summed E-state index contributed by atoms with van der Waals surface area (Å²) in [5, 5.41) is 2.84. The molecule has 1 aliphatic rings. The van der Waals surface area contributed by atoms with Gasteiger partial charge in [0.1, 0.15) is 0 Å². The third-order valence-corrected chi connectivity index (χ3v) is 4.80. The first kappa shape index (κ1) is 19.7. The van der Waals surface area contributed by atoms with Crippen LogP contribution in [0.4, 0.5) is 5.69 Å². The van der Waals surface area contributed by atoms with Crippen LogP contribution in [0.15, 0.2) is 48.5 Å². The van der Waals surface area contributed by atoms with E-state index in [1.807, 2.05) is 23.1 Å². The Morgan fingerprint density at radius 1 is 0.964 bits per heavy atom. The molecule has 2 aromatic rings. The lowest BCUT2D eigenvalue weighted by Crippen LogP contribution is -2.36. The number of likely N-dealkylation sites (tertiary alicyclic amines) is 1. The van der Waals surface area contributed by atoms with E-state index in [0.29, 0.717) is 22.7 Å². The molecule has 148 valence electrons. The highest BCUT2D eigenvalue weighted by Gasteiger charge is 2.23. The number of hydrogen-bond donors (Lipinski definition) is 1. The van der Waals surface area contributed by atoms with E-state index in [1.165, 1.54) is 0 Å². The van der Waals surface area contributed by atoms with E-state index in [1.54, 1.807) is 44.4 Å². The Kier molecular flexibility index (Phi) is 6.53. The van der Waals surface area contributed by atoms with E-state index in [4.69, 9.17) is 9.47 Å². The molecular weight excluding hydrogens is 356 g/mol. The summed E-state index contributed by atoms with van der Waals surface area (Å²) in [6, 6.07) is 14.3. The van der Waals surface area contributed by atoms with Gasteiger partial charge in [-0.1, -0.05) is 24.3 Å². The SMILES string of the molecule is COc1ccccc1O[C@H](C)C(=O)Nc1ccccc1C(=O)N1CCCCC1. The third kappa shape index (κ3) is 4.63. The lowest BCUT2D eigenvalue weighted by Gasteiger charge is -2.27. The molecule has 0 aliphatic carbocycles. The number of carbonyl (C=O) groups excluding carboxylic acids is 2. The van der Waals surface area contributed by atoms with E-state index < -0.39 is 6.10 Å². The molecule has 3 rings (SSSR count). The van der Waals surface area contributed by atoms with Gasteiger partial charge in [0.25, 0.3) is 11.8 Å². The third-order valence-electron chi connectivity index (χ3n) is 4.80. The lowest BCUT2D eigenvalue weighted by atomic mass is 10.1. The van der Waals surface area contributed by atoms with Gasteiger partial charge in [0.05, 0.1) is 18.4 Å². The van der Waals surface area contributed by atoms with Crippen molar-refractivity contribution in [3.05, 3.63) is 54.1 Å². The maximum atomic E-state index is 12.9.